The normalized spacial score (nSPS) is 13.3. The zero-order valence-corrected chi connectivity index (χ0v) is 14.6. The van der Waals surface area contributed by atoms with Gasteiger partial charge < -0.3 is 9.30 Å². The molecule has 7 heteroatoms. The first-order valence-corrected chi connectivity index (χ1v) is 9.40. The van der Waals surface area contributed by atoms with Crippen molar-refractivity contribution in [1.82, 2.24) is 9.55 Å². The smallest absolute Gasteiger partial charge is 0.316 e. The molecule has 0 unspecified atom stereocenters. The Hall–Kier alpha value is -1.60. The van der Waals surface area contributed by atoms with Gasteiger partial charge in [0.2, 0.25) is 5.43 Å². The van der Waals surface area contributed by atoms with Crippen LogP contribution in [-0.4, -0.2) is 27.9 Å². The number of aromatic nitrogens is 2. The van der Waals surface area contributed by atoms with Crippen molar-refractivity contribution in [2.75, 3.05) is 12.4 Å². The zero-order chi connectivity index (χ0) is 16.4. The Morgan fingerprint density at radius 1 is 1.52 bits per heavy atom. The summed E-state index contributed by atoms with van der Waals surface area (Å²) in [4.78, 5) is 30.8. The fraction of sp³-hybridized carbons (Fsp3) is 0.438. The first-order chi connectivity index (χ1) is 11.2. The van der Waals surface area contributed by atoms with Gasteiger partial charge in [0.05, 0.1) is 12.4 Å². The highest BCUT2D eigenvalue weighted by atomic mass is 32.2. The molecule has 2 aromatic heterocycles. The van der Waals surface area contributed by atoms with Crippen LogP contribution in [-0.2, 0) is 28.9 Å². The summed E-state index contributed by atoms with van der Waals surface area (Å²) in [5.74, 6) is -0.0874. The minimum Gasteiger partial charge on any atom is -0.465 e. The third kappa shape index (κ3) is 3.07. The number of carbonyl (C=O) groups excluding carboxylic acids is 1. The number of thioether (sulfide) groups is 1. The number of carbonyl (C=O) groups is 1. The van der Waals surface area contributed by atoms with Gasteiger partial charge in [-0.2, -0.15) is 0 Å². The lowest BCUT2D eigenvalue weighted by Crippen LogP contribution is -2.08. The van der Waals surface area contributed by atoms with Crippen LogP contribution >= 0.6 is 23.1 Å². The van der Waals surface area contributed by atoms with E-state index in [2.05, 4.69) is 11.6 Å². The van der Waals surface area contributed by atoms with E-state index in [9.17, 15) is 9.59 Å². The number of rotatable bonds is 6. The number of hydrogen-bond acceptors (Lipinski definition) is 6. The second kappa shape index (κ2) is 6.88. The number of allylic oxidation sites excluding steroid dienone is 1. The SMILES string of the molecule is C=CCn1c(SCC(=O)OCC)nc2c(=O)c3c(sc21)CCC3. The maximum atomic E-state index is 12.6. The first-order valence-electron chi connectivity index (χ1n) is 7.60. The van der Waals surface area contributed by atoms with Gasteiger partial charge in [0.15, 0.2) is 5.16 Å². The molecule has 0 spiro atoms. The van der Waals surface area contributed by atoms with Crippen molar-refractivity contribution in [3.8, 4) is 0 Å². The van der Waals surface area contributed by atoms with E-state index >= 15 is 0 Å². The Balaban J connectivity index is 2.02. The highest BCUT2D eigenvalue weighted by Gasteiger charge is 2.22. The second-order valence-corrected chi connectivity index (χ2v) is 7.25. The molecule has 0 fully saturated rings. The quantitative estimate of drug-likeness (QED) is 0.455. The summed E-state index contributed by atoms with van der Waals surface area (Å²) in [7, 11) is 0. The van der Waals surface area contributed by atoms with Crippen LogP contribution in [0, 0.1) is 0 Å². The summed E-state index contributed by atoms with van der Waals surface area (Å²) in [5.41, 5.74) is 1.49. The van der Waals surface area contributed by atoms with Crippen LogP contribution < -0.4 is 5.43 Å². The molecular weight excluding hydrogens is 332 g/mol. The van der Waals surface area contributed by atoms with Gasteiger partial charge in [-0.1, -0.05) is 17.8 Å². The molecule has 3 rings (SSSR count). The van der Waals surface area contributed by atoms with Crippen molar-refractivity contribution in [1.29, 1.82) is 0 Å². The molecule has 23 heavy (non-hydrogen) atoms. The van der Waals surface area contributed by atoms with Crippen molar-refractivity contribution < 1.29 is 9.53 Å². The highest BCUT2D eigenvalue weighted by molar-refractivity contribution is 7.99. The predicted octanol–water partition coefficient (Wildman–Crippen LogP) is 2.79. The third-order valence-corrected chi connectivity index (χ3v) is 5.95. The number of ether oxygens (including phenoxy) is 1. The molecule has 1 aliphatic carbocycles. The molecule has 0 saturated carbocycles. The van der Waals surface area contributed by atoms with Crippen LogP contribution in [0.1, 0.15) is 23.8 Å². The van der Waals surface area contributed by atoms with E-state index < -0.39 is 0 Å². The average Bonchev–Trinajstić information content (AvgIpc) is 3.12. The maximum absolute atomic E-state index is 12.6. The molecule has 0 aliphatic heterocycles. The summed E-state index contributed by atoms with van der Waals surface area (Å²) in [6.45, 7) is 6.49. The van der Waals surface area contributed by atoms with Gasteiger partial charge in [-0.3, -0.25) is 9.59 Å². The van der Waals surface area contributed by atoms with E-state index in [1.54, 1.807) is 24.3 Å². The average molecular weight is 350 g/mol. The lowest BCUT2D eigenvalue weighted by molar-refractivity contribution is -0.139. The van der Waals surface area contributed by atoms with Crippen LogP contribution in [0.15, 0.2) is 22.6 Å². The number of nitrogens with zero attached hydrogens (tertiary/aromatic N) is 2. The van der Waals surface area contributed by atoms with Crippen molar-refractivity contribution >= 4 is 39.4 Å². The van der Waals surface area contributed by atoms with E-state index in [0.717, 1.165) is 29.7 Å². The van der Waals surface area contributed by atoms with Gasteiger partial charge in [-0.15, -0.1) is 17.9 Å². The van der Waals surface area contributed by atoms with Gasteiger partial charge in [0, 0.05) is 17.0 Å². The minimum absolute atomic E-state index is 0.0482. The fourth-order valence-electron chi connectivity index (χ4n) is 2.72. The molecule has 1 aliphatic rings. The van der Waals surface area contributed by atoms with Crippen LogP contribution in [0.4, 0.5) is 0 Å². The predicted molar refractivity (Wildman–Crippen MR) is 93.5 cm³/mol. The van der Waals surface area contributed by atoms with Crippen LogP contribution in [0.25, 0.3) is 10.3 Å². The van der Waals surface area contributed by atoms with E-state index in [1.807, 2.05) is 4.57 Å². The lowest BCUT2D eigenvalue weighted by atomic mass is 10.2. The van der Waals surface area contributed by atoms with Gasteiger partial charge in [-0.25, -0.2) is 4.98 Å². The molecular formula is C16H18N2O3S2. The monoisotopic (exact) mass is 350 g/mol. The Labute approximate surface area is 142 Å². The van der Waals surface area contributed by atoms with E-state index in [-0.39, 0.29) is 17.2 Å². The first kappa shape index (κ1) is 16.3. The van der Waals surface area contributed by atoms with Crippen molar-refractivity contribution in [3.05, 3.63) is 33.3 Å². The highest BCUT2D eigenvalue weighted by Crippen LogP contribution is 2.31. The molecule has 0 amide bonds. The van der Waals surface area contributed by atoms with Crippen molar-refractivity contribution in [2.24, 2.45) is 0 Å². The molecule has 5 nitrogen and oxygen atoms in total. The van der Waals surface area contributed by atoms with Crippen molar-refractivity contribution in [3.63, 3.8) is 0 Å². The molecule has 0 aromatic carbocycles. The number of aryl methyl sites for hydroxylation is 1. The van der Waals surface area contributed by atoms with Gasteiger partial charge >= 0.3 is 5.97 Å². The fourth-order valence-corrected chi connectivity index (χ4v) is 4.89. The molecule has 0 atom stereocenters. The summed E-state index contributed by atoms with van der Waals surface area (Å²) >= 11 is 2.95. The minimum atomic E-state index is -0.275. The summed E-state index contributed by atoms with van der Waals surface area (Å²) in [6.07, 6.45) is 4.63. The Bertz CT molecular complexity index is 823. The number of imidazole rings is 1. The molecule has 0 N–H and O–H groups in total. The largest absolute Gasteiger partial charge is 0.465 e. The zero-order valence-electron chi connectivity index (χ0n) is 13.0. The summed E-state index contributed by atoms with van der Waals surface area (Å²) in [6, 6.07) is 0. The van der Waals surface area contributed by atoms with Crippen LogP contribution in [0.2, 0.25) is 0 Å². The molecule has 0 radical (unpaired) electrons. The van der Waals surface area contributed by atoms with Crippen LogP contribution in [0.3, 0.4) is 0 Å². The standard InChI is InChI=1S/C16H18N2O3S2/c1-3-8-18-15-13(14(20)10-6-5-7-11(10)23-15)17-16(18)22-9-12(19)21-4-2/h3H,1,4-9H2,2H3. The van der Waals surface area contributed by atoms with E-state index in [4.69, 9.17) is 4.74 Å². The van der Waals surface area contributed by atoms with Crippen molar-refractivity contribution in [2.45, 2.75) is 37.9 Å². The number of hydrogen-bond donors (Lipinski definition) is 0. The van der Waals surface area contributed by atoms with Gasteiger partial charge in [0.1, 0.15) is 10.3 Å². The van der Waals surface area contributed by atoms with Gasteiger partial charge in [-0.05, 0) is 26.2 Å². The molecule has 0 saturated heterocycles. The maximum Gasteiger partial charge on any atom is 0.316 e. The molecule has 0 bridgehead atoms. The molecule has 2 heterocycles. The van der Waals surface area contributed by atoms with E-state index in [1.165, 1.54) is 16.6 Å². The van der Waals surface area contributed by atoms with Crippen LogP contribution in [0.5, 0.6) is 0 Å². The Morgan fingerprint density at radius 3 is 3.09 bits per heavy atom. The van der Waals surface area contributed by atoms with Gasteiger partial charge in [0.25, 0.3) is 0 Å². The van der Waals surface area contributed by atoms with E-state index in [0.29, 0.717) is 23.8 Å². The molecule has 122 valence electrons. The Morgan fingerprint density at radius 2 is 2.35 bits per heavy atom. The lowest BCUT2D eigenvalue weighted by Gasteiger charge is -2.06. The molecule has 2 aromatic rings. The Kier molecular flexibility index (Phi) is 4.87. The summed E-state index contributed by atoms with van der Waals surface area (Å²) < 4.78 is 6.92. The number of esters is 1. The number of fused-ring (bicyclic) bond motifs is 2. The topological polar surface area (TPSA) is 61.2 Å². The second-order valence-electron chi connectivity index (χ2n) is 5.23. The third-order valence-electron chi connectivity index (χ3n) is 3.70. The summed E-state index contributed by atoms with van der Waals surface area (Å²) in [5, 5.41) is 0.671.